The van der Waals surface area contributed by atoms with E-state index in [-0.39, 0.29) is 11.2 Å². The lowest BCUT2D eigenvalue weighted by atomic mass is 10.2. The van der Waals surface area contributed by atoms with Gasteiger partial charge in [-0.05, 0) is 38.1 Å². The lowest BCUT2D eigenvalue weighted by molar-refractivity contribution is -0.114. The van der Waals surface area contributed by atoms with E-state index in [1.165, 1.54) is 11.3 Å². The largest absolute Gasteiger partial charge is 0.491 e. The summed E-state index contributed by atoms with van der Waals surface area (Å²) in [6.07, 6.45) is 0.970. The van der Waals surface area contributed by atoms with Crippen molar-refractivity contribution in [2.45, 2.75) is 20.0 Å². The molecular formula is C20H21ClN4O4S2. The van der Waals surface area contributed by atoms with Crippen molar-refractivity contribution in [2.75, 3.05) is 22.4 Å². The predicted octanol–water partition coefficient (Wildman–Crippen LogP) is 4.05. The summed E-state index contributed by atoms with van der Waals surface area (Å²) in [6.45, 7) is 3.32. The number of nitrogens with zero attached hydrogens (tertiary/aromatic N) is 3. The van der Waals surface area contributed by atoms with Gasteiger partial charge in [0.2, 0.25) is 21.1 Å². The van der Waals surface area contributed by atoms with Crippen molar-refractivity contribution >= 4 is 49.7 Å². The monoisotopic (exact) mass is 480 g/mol. The van der Waals surface area contributed by atoms with Gasteiger partial charge in [0.1, 0.15) is 17.3 Å². The van der Waals surface area contributed by atoms with Crippen molar-refractivity contribution in [1.29, 1.82) is 0 Å². The maximum atomic E-state index is 12.6. The summed E-state index contributed by atoms with van der Waals surface area (Å²) in [6, 6.07) is 13.6. The molecule has 1 heterocycles. The fourth-order valence-corrected chi connectivity index (χ4v) is 4.40. The summed E-state index contributed by atoms with van der Waals surface area (Å²) in [7, 11) is -3.72. The van der Waals surface area contributed by atoms with Crippen LogP contribution in [0.25, 0.3) is 10.6 Å². The van der Waals surface area contributed by atoms with Gasteiger partial charge in [0.15, 0.2) is 0 Å². The minimum absolute atomic E-state index is 0.0718. The van der Waals surface area contributed by atoms with E-state index in [0.717, 1.165) is 16.1 Å². The second-order valence-corrected chi connectivity index (χ2v) is 10.2. The van der Waals surface area contributed by atoms with Gasteiger partial charge in [0.25, 0.3) is 0 Å². The van der Waals surface area contributed by atoms with Crippen LogP contribution < -0.4 is 14.4 Å². The van der Waals surface area contributed by atoms with E-state index in [4.69, 9.17) is 16.3 Å². The van der Waals surface area contributed by atoms with E-state index in [2.05, 4.69) is 15.5 Å². The number of carbonyl (C=O) groups excluding carboxylic acids is 1. The predicted molar refractivity (Wildman–Crippen MR) is 123 cm³/mol. The van der Waals surface area contributed by atoms with E-state index < -0.39 is 22.5 Å². The third-order valence-electron chi connectivity index (χ3n) is 3.93. The topological polar surface area (TPSA) is 101 Å². The first-order valence-electron chi connectivity index (χ1n) is 9.25. The molecule has 0 saturated heterocycles. The van der Waals surface area contributed by atoms with Gasteiger partial charge in [-0.25, -0.2) is 8.42 Å². The molecule has 0 fully saturated rings. The Labute approximate surface area is 189 Å². The molecule has 1 N–H and O–H groups in total. The van der Waals surface area contributed by atoms with E-state index in [1.54, 1.807) is 48.5 Å². The van der Waals surface area contributed by atoms with Gasteiger partial charge in [0.05, 0.1) is 18.0 Å². The smallest absolute Gasteiger partial charge is 0.246 e. The molecule has 3 aromatic rings. The molecule has 0 radical (unpaired) electrons. The van der Waals surface area contributed by atoms with E-state index >= 15 is 0 Å². The summed E-state index contributed by atoms with van der Waals surface area (Å²) in [5.74, 6) is -0.0299. The first kappa shape index (κ1) is 23.0. The minimum Gasteiger partial charge on any atom is -0.491 e. The maximum absolute atomic E-state index is 12.6. The number of rotatable bonds is 8. The average molecular weight is 481 g/mol. The summed E-state index contributed by atoms with van der Waals surface area (Å²) >= 11 is 7.07. The van der Waals surface area contributed by atoms with Crippen LogP contribution in [0.2, 0.25) is 5.02 Å². The SMILES string of the molecule is CC(C)Oc1cccc(N(CC(=O)Nc2nnc(-c3ccc(Cl)cc3)s2)S(C)(=O)=O)c1. The molecule has 0 atom stereocenters. The number of carbonyl (C=O) groups is 1. The fraction of sp³-hybridized carbons (Fsp3) is 0.250. The zero-order valence-electron chi connectivity index (χ0n) is 17.1. The summed E-state index contributed by atoms with van der Waals surface area (Å²) < 4.78 is 31.3. The van der Waals surface area contributed by atoms with Crippen LogP contribution in [0, 0.1) is 0 Å². The highest BCUT2D eigenvalue weighted by molar-refractivity contribution is 7.92. The molecule has 8 nitrogen and oxygen atoms in total. The Kier molecular flexibility index (Phi) is 7.14. The van der Waals surface area contributed by atoms with Gasteiger partial charge < -0.3 is 4.74 Å². The standard InChI is InChI=1S/C20H21ClN4O4S2/c1-13(2)29-17-6-4-5-16(11-17)25(31(3,27)28)12-18(26)22-20-24-23-19(30-20)14-7-9-15(21)10-8-14/h4-11,13H,12H2,1-3H3,(H,22,24,26). The van der Waals surface area contributed by atoms with Crippen molar-refractivity contribution in [3.05, 3.63) is 53.6 Å². The van der Waals surface area contributed by atoms with Gasteiger partial charge in [-0.1, -0.05) is 41.1 Å². The number of benzene rings is 2. The van der Waals surface area contributed by atoms with E-state index in [0.29, 0.717) is 21.5 Å². The van der Waals surface area contributed by atoms with E-state index in [1.807, 2.05) is 13.8 Å². The normalized spacial score (nSPS) is 11.4. The number of anilines is 2. The Morgan fingerprint density at radius 3 is 2.55 bits per heavy atom. The van der Waals surface area contributed by atoms with Crippen molar-refractivity contribution in [3.8, 4) is 16.3 Å². The van der Waals surface area contributed by atoms with Gasteiger partial charge in [0, 0.05) is 16.7 Å². The number of aromatic nitrogens is 2. The Morgan fingerprint density at radius 2 is 1.90 bits per heavy atom. The molecule has 0 bridgehead atoms. The first-order valence-corrected chi connectivity index (χ1v) is 12.3. The summed E-state index contributed by atoms with van der Waals surface area (Å²) in [4.78, 5) is 12.6. The van der Waals surface area contributed by atoms with Crippen molar-refractivity contribution < 1.29 is 17.9 Å². The van der Waals surface area contributed by atoms with Crippen molar-refractivity contribution in [1.82, 2.24) is 10.2 Å². The number of hydrogen-bond acceptors (Lipinski definition) is 7. The molecule has 11 heteroatoms. The fourth-order valence-electron chi connectivity index (χ4n) is 2.66. The van der Waals surface area contributed by atoms with Crippen LogP contribution in [0.1, 0.15) is 13.8 Å². The quantitative estimate of drug-likeness (QED) is 0.522. The lowest BCUT2D eigenvalue weighted by Gasteiger charge is -2.22. The molecule has 31 heavy (non-hydrogen) atoms. The highest BCUT2D eigenvalue weighted by Gasteiger charge is 2.22. The highest BCUT2D eigenvalue weighted by Crippen LogP contribution is 2.28. The number of ether oxygens (including phenoxy) is 1. The molecular weight excluding hydrogens is 460 g/mol. The van der Waals surface area contributed by atoms with Gasteiger partial charge >= 0.3 is 0 Å². The number of halogens is 1. The molecule has 0 aliphatic rings. The summed E-state index contributed by atoms with van der Waals surface area (Å²) in [5.41, 5.74) is 1.14. The van der Waals surface area contributed by atoms with E-state index in [9.17, 15) is 13.2 Å². The first-order chi connectivity index (χ1) is 14.6. The molecule has 1 amide bonds. The molecule has 2 aromatic carbocycles. The van der Waals surface area contributed by atoms with Gasteiger partial charge in [-0.3, -0.25) is 14.4 Å². The zero-order chi connectivity index (χ0) is 22.6. The van der Waals surface area contributed by atoms with Crippen LogP contribution in [0.15, 0.2) is 48.5 Å². The third kappa shape index (κ3) is 6.39. The van der Waals surface area contributed by atoms with Crippen LogP contribution >= 0.6 is 22.9 Å². The van der Waals surface area contributed by atoms with Gasteiger partial charge in [-0.2, -0.15) is 0 Å². The number of sulfonamides is 1. The van der Waals surface area contributed by atoms with Crippen LogP contribution in [-0.2, 0) is 14.8 Å². The Bertz CT molecular complexity index is 1160. The molecule has 164 valence electrons. The second-order valence-electron chi connectivity index (χ2n) is 6.90. The Hall–Kier alpha value is -2.69. The van der Waals surface area contributed by atoms with Crippen molar-refractivity contribution in [2.24, 2.45) is 0 Å². The second kappa shape index (κ2) is 9.63. The van der Waals surface area contributed by atoms with Crippen molar-refractivity contribution in [3.63, 3.8) is 0 Å². The minimum atomic E-state index is -3.72. The van der Waals surface area contributed by atoms with Crippen LogP contribution in [-0.4, -0.2) is 43.4 Å². The summed E-state index contributed by atoms with van der Waals surface area (Å²) in [5, 5.41) is 12.1. The molecule has 0 aliphatic heterocycles. The molecule has 3 rings (SSSR count). The number of nitrogens with one attached hydrogen (secondary N) is 1. The number of hydrogen-bond donors (Lipinski definition) is 1. The van der Waals surface area contributed by atoms with Crippen LogP contribution in [0.4, 0.5) is 10.8 Å². The maximum Gasteiger partial charge on any atom is 0.246 e. The Balaban J connectivity index is 1.74. The average Bonchev–Trinajstić information content (AvgIpc) is 3.14. The van der Waals surface area contributed by atoms with Gasteiger partial charge in [-0.15, -0.1) is 10.2 Å². The molecule has 0 spiro atoms. The molecule has 0 aliphatic carbocycles. The molecule has 0 unspecified atom stereocenters. The highest BCUT2D eigenvalue weighted by atomic mass is 35.5. The third-order valence-corrected chi connectivity index (χ3v) is 6.21. The zero-order valence-corrected chi connectivity index (χ0v) is 19.5. The molecule has 1 aromatic heterocycles. The van der Waals surface area contributed by atoms with Crippen LogP contribution in [0.5, 0.6) is 5.75 Å². The Morgan fingerprint density at radius 1 is 1.19 bits per heavy atom. The molecule has 0 saturated carbocycles. The number of amides is 1. The lowest BCUT2D eigenvalue weighted by Crippen LogP contribution is -2.37. The van der Waals surface area contributed by atoms with Crippen LogP contribution in [0.3, 0.4) is 0 Å².